The van der Waals surface area contributed by atoms with Crippen molar-refractivity contribution in [3.63, 3.8) is 0 Å². The molecule has 1 N–H and O–H groups in total. The Bertz CT molecular complexity index is 961. The molecule has 7 nitrogen and oxygen atoms in total. The normalized spacial score (nSPS) is 47.8. The molecular formula is C30H47FN2O5. The summed E-state index contributed by atoms with van der Waals surface area (Å²) in [5.74, 6) is 0.123. The number of fused-ring (bicyclic) bond motifs is 2. The van der Waals surface area contributed by atoms with E-state index in [9.17, 15) is 18.8 Å². The lowest BCUT2D eigenvalue weighted by Crippen LogP contribution is -2.63. The summed E-state index contributed by atoms with van der Waals surface area (Å²) >= 11 is 0. The minimum absolute atomic E-state index is 0.0212. The maximum Gasteiger partial charge on any atom is 0.414 e. The Kier molecular flexibility index (Phi) is 7.47. The van der Waals surface area contributed by atoms with Crippen molar-refractivity contribution in [1.29, 1.82) is 0 Å². The predicted molar refractivity (Wildman–Crippen MR) is 141 cm³/mol. The van der Waals surface area contributed by atoms with Crippen LogP contribution in [0.2, 0.25) is 0 Å². The van der Waals surface area contributed by atoms with Gasteiger partial charge in [0.2, 0.25) is 5.91 Å². The standard InChI is InChI=1S/C30H47FN2O5/c1-18-7-11-30-12-8-22(37-5)24(30)29(18,4)23(15-28(3,10-6-13-31)25(34)19(30)2)38-27(36)32-26(35)21-17-33-14-9-20(21)16-33/h18-24H,6-17H2,1-5H3,(H,32,35,36)/t18-,19+,20-,21+,22-,23-,24?,28-,29+,30?/m1/s1. The van der Waals surface area contributed by atoms with Gasteiger partial charge in [0, 0.05) is 42.9 Å². The fraction of sp³-hybridized carbons (Fsp3) is 0.900. The molecule has 38 heavy (non-hydrogen) atoms. The van der Waals surface area contributed by atoms with Crippen molar-refractivity contribution in [2.24, 2.45) is 45.8 Å². The van der Waals surface area contributed by atoms with E-state index in [0.717, 1.165) is 45.2 Å². The summed E-state index contributed by atoms with van der Waals surface area (Å²) in [6.45, 7) is 10.6. The zero-order chi connectivity index (χ0) is 27.5. The molecule has 0 radical (unpaired) electrons. The number of amides is 2. The molecular weight excluding hydrogens is 487 g/mol. The quantitative estimate of drug-likeness (QED) is 0.528. The van der Waals surface area contributed by atoms with Crippen molar-refractivity contribution < 1.29 is 28.2 Å². The number of Topliss-reactive ketones (excluding diaryl/α,β-unsaturated/α-hetero) is 1. The number of halogens is 1. The summed E-state index contributed by atoms with van der Waals surface area (Å²) < 4.78 is 25.7. The van der Waals surface area contributed by atoms with E-state index in [1.807, 2.05) is 6.92 Å². The maximum atomic E-state index is 14.2. The third kappa shape index (κ3) is 4.23. The molecule has 2 saturated heterocycles. The number of ketones is 1. The van der Waals surface area contributed by atoms with Crippen LogP contribution in [0.25, 0.3) is 0 Å². The largest absolute Gasteiger partial charge is 0.445 e. The molecule has 0 aromatic rings. The Labute approximate surface area is 226 Å². The van der Waals surface area contributed by atoms with Crippen LogP contribution >= 0.6 is 0 Å². The first-order valence-electron chi connectivity index (χ1n) is 14.9. The number of carbonyl (C=O) groups is 3. The second-order valence-electron chi connectivity index (χ2n) is 13.8. The summed E-state index contributed by atoms with van der Waals surface area (Å²) in [6, 6.07) is 0. The Hall–Kier alpha value is -1.54. The van der Waals surface area contributed by atoms with Gasteiger partial charge in [0.15, 0.2) is 0 Å². The van der Waals surface area contributed by atoms with E-state index in [-0.39, 0.29) is 46.9 Å². The van der Waals surface area contributed by atoms with Gasteiger partial charge in [-0.3, -0.25) is 19.3 Å². The number of alkyl carbamates (subject to hydrolysis) is 1. The number of alkyl halides is 1. The molecule has 3 unspecified atom stereocenters. The molecule has 5 rings (SSSR count). The minimum Gasteiger partial charge on any atom is -0.445 e. The van der Waals surface area contributed by atoms with Crippen molar-refractivity contribution >= 4 is 17.8 Å². The molecule has 2 aliphatic heterocycles. The fourth-order valence-electron chi connectivity index (χ4n) is 9.78. The average Bonchev–Trinajstić information content (AvgIpc) is 3.63. The van der Waals surface area contributed by atoms with Gasteiger partial charge < -0.3 is 14.4 Å². The molecule has 5 aliphatic rings. The molecule has 5 fully saturated rings. The molecule has 0 aromatic carbocycles. The molecule has 214 valence electrons. The summed E-state index contributed by atoms with van der Waals surface area (Å²) in [4.78, 5) is 42.9. The highest BCUT2D eigenvalue weighted by atomic mass is 19.1. The van der Waals surface area contributed by atoms with Gasteiger partial charge in [0.25, 0.3) is 0 Å². The van der Waals surface area contributed by atoms with E-state index < -0.39 is 29.7 Å². The SMILES string of the molecule is CO[C@@H]1CCC23CC[C@@H](C)[C@](C)(C12)[C@H](OC(=O)NC(=O)[C@H]1CN2CC[C@@H]1C2)C[C@@](C)(CCCF)C(=O)[C@@H]3C. The van der Waals surface area contributed by atoms with Crippen LogP contribution in [0.1, 0.15) is 79.1 Å². The van der Waals surface area contributed by atoms with Gasteiger partial charge in [-0.1, -0.05) is 27.7 Å². The monoisotopic (exact) mass is 534 g/mol. The number of nitrogens with zero attached hydrogens (tertiary/aromatic N) is 1. The van der Waals surface area contributed by atoms with Crippen molar-refractivity contribution in [3.05, 3.63) is 0 Å². The van der Waals surface area contributed by atoms with Gasteiger partial charge >= 0.3 is 6.09 Å². The second-order valence-corrected chi connectivity index (χ2v) is 13.8. The lowest BCUT2D eigenvalue weighted by molar-refractivity contribution is -0.192. The smallest absolute Gasteiger partial charge is 0.414 e. The van der Waals surface area contributed by atoms with Gasteiger partial charge in [-0.25, -0.2) is 4.79 Å². The number of methoxy groups -OCH3 is 1. The Morgan fingerprint density at radius 1 is 1.13 bits per heavy atom. The van der Waals surface area contributed by atoms with Crippen molar-refractivity contribution in [1.82, 2.24) is 10.2 Å². The van der Waals surface area contributed by atoms with Crippen LogP contribution in [0.15, 0.2) is 0 Å². The van der Waals surface area contributed by atoms with Crippen LogP contribution in [0, 0.1) is 45.8 Å². The van der Waals surface area contributed by atoms with E-state index in [4.69, 9.17) is 9.47 Å². The van der Waals surface area contributed by atoms with E-state index in [2.05, 4.69) is 31.0 Å². The maximum absolute atomic E-state index is 14.2. The first-order valence-corrected chi connectivity index (χ1v) is 14.9. The zero-order valence-electron chi connectivity index (χ0n) is 23.9. The van der Waals surface area contributed by atoms with Gasteiger partial charge in [-0.2, -0.15) is 0 Å². The van der Waals surface area contributed by atoms with E-state index in [1.165, 1.54) is 0 Å². The number of hydrogen-bond donors (Lipinski definition) is 1. The molecule has 11 atom stereocenters. The molecule has 2 amide bonds. The Morgan fingerprint density at radius 2 is 1.87 bits per heavy atom. The van der Waals surface area contributed by atoms with Crippen LogP contribution in [0.3, 0.4) is 0 Å². The van der Waals surface area contributed by atoms with E-state index in [1.54, 1.807) is 7.11 Å². The highest BCUT2D eigenvalue weighted by Gasteiger charge is 2.68. The number of imide groups is 1. The van der Waals surface area contributed by atoms with E-state index in [0.29, 0.717) is 31.7 Å². The first kappa shape index (κ1) is 28.0. The second kappa shape index (κ2) is 10.1. The van der Waals surface area contributed by atoms with E-state index >= 15 is 0 Å². The number of piperidine rings is 1. The third-order valence-electron chi connectivity index (χ3n) is 12.1. The molecule has 0 aromatic heterocycles. The molecule has 8 heteroatoms. The lowest BCUT2D eigenvalue weighted by atomic mass is 9.43. The average molecular weight is 535 g/mol. The number of nitrogens with one attached hydrogen (secondary N) is 1. The Balaban J connectivity index is 1.48. The zero-order valence-corrected chi connectivity index (χ0v) is 23.9. The van der Waals surface area contributed by atoms with Crippen LogP contribution in [-0.4, -0.2) is 68.3 Å². The van der Waals surface area contributed by atoms with Crippen molar-refractivity contribution in [2.45, 2.75) is 91.3 Å². The third-order valence-corrected chi connectivity index (χ3v) is 12.1. The summed E-state index contributed by atoms with van der Waals surface area (Å²) in [5.41, 5.74) is -1.48. The van der Waals surface area contributed by atoms with Gasteiger partial charge in [0.1, 0.15) is 11.9 Å². The van der Waals surface area contributed by atoms with Crippen molar-refractivity contribution in [3.8, 4) is 0 Å². The molecule has 3 aliphatic carbocycles. The number of hydrogen-bond acceptors (Lipinski definition) is 6. The van der Waals surface area contributed by atoms with Crippen LogP contribution in [0.4, 0.5) is 9.18 Å². The van der Waals surface area contributed by atoms with Gasteiger partial charge in [-0.15, -0.1) is 0 Å². The first-order chi connectivity index (χ1) is 18.0. The fourth-order valence-corrected chi connectivity index (χ4v) is 9.78. The Morgan fingerprint density at radius 3 is 2.50 bits per heavy atom. The molecule has 2 heterocycles. The van der Waals surface area contributed by atoms with Crippen LogP contribution in [0.5, 0.6) is 0 Å². The van der Waals surface area contributed by atoms with Crippen LogP contribution in [-0.2, 0) is 19.1 Å². The highest BCUT2D eigenvalue weighted by molar-refractivity contribution is 5.93. The number of ether oxygens (including phenoxy) is 2. The number of rotatable bonds is 6. The highest BCUT2D eigenvalue weighted by Crippen LogP contribution is 2.69. The topological polar surface area (TPSA) is 84.9 Å². The summed E-state index contributed by atoms with van der Waals surface area (Å²) in [7, 11) is 1.75. The summed E-state index contributed by atoms with van der Waals surface area (Å²) in [6.07, 6.45) is 4.38. The van der Waals surface area contributed by atoms with Crippen LogP contribution < -0.4 is 5.32 Å². The molecule has 4 bridgehead atoms. The number of carbonyl (C=O) groups excluding carboxylic acids is 3. The lowest BCUT2D eigenvalue weighted by Gasteiger charge is -2.61. The molecule has 3 saturated carbocycles. The summed E-state index contributed by atoms with van der Waals surface area (Å²) in [5, 5.41) is 2.57. The van der Waals surface area contributed by atoms with Gasteiger partial charge in [0.05, 0.1) is 18.7 Å². The minimum atomic E-state index is -0.806. The molecule has 0 spiro atoms. The predicted octanol–water partition coefficient (Wildman–Crippen LogP) is 4.77. The van der Waals surface area contributed by atoms with Gasteiger partial charge in [-0.05, 0) is 75.2 Å². The van der Waals surface area contributed by atoms with Crippen molar-refractivity contribution in [2.75, 3.05) is 33.4 Å².